The summed E-state index contributed by atoms with van der Waals surface area (Å²) in [6.07, 6.45) is 3.41. The van der Waals surface area contributed by atoms with Gasteiger partial charge in [0, 0.05) is 7.05 Å². The molecule has 0 unspecified atom stereocenters. The molecule has 5 heteroatoms. The molecule has 2 heterocycles. The first kappa shape index (κ1) is 9.40. The number of halogens is 1. The second-order valence-corrected chi connectivity index (χ2v) is 3.54. The van der Waals surface area contributed by atoms with Gasteiger partial charge in [-0.25, -0.2) is 9.97 Å². The van der Waals surface area contributed by atoms with Crippen LogP contribution in [0, 0.1) is 0 Å². The molecule has 0 spiro atoms. The van der Waals surface area contributed by atoms with Gasteiger partial charge in [0.2, 0.25) is 0 Å². The highest BCUT2D eigenvalue weighted by molar-refractivity contribution is 6.34. The summed E-state index contributed by atoms with van der Waals surface area (Å²) in [5.74, 6) is 0. The predicted octanol–water partition coefficient (Wildman–Crippen LogP) is 1.97. The minimum Gasteiger partial charge on any atom is -0.250 e. The fourth-order valence-electron chi connectivity index (χ4n) is 1.54. The molecule has 14 heavy (non-hydrogen) atoms. The highest BCUT2D eigenvalue weighted by atomic mass is 35.5. The fourth-order valence-corrected chi connectivity index (χ4v) is 1.78. The first-order valence-corrected chi connectivity index (χ1v) is 4.94. The monoisotopic (exact) mass is 210 g/mol. The maximum Gasteiger partial charge on any atom is 0.162 e. The van der Waals surface area contributed by atoms with Crippen LogP contribution in [0.3, 0.4) is 0 Å². The summed E-state index contributed by atoms with van der Waals surface area (Å²) in [6, 6.07) is 0. The van der Waals surface area contributed by atoms with Crippen LogP contribution >= 0.6 is 11.6 Å². The van der Waals surface area contributed by atoms with Crippen LogP contribution in [0.25, 0.3) is 11.0 Å². The molecule has 0 atom stereocenters. The average Bonchev–Trinajstić information content (AvgIpc) is 2.46. The average molecular weight is 211 g/mol. The zero-order chi connectivity index (χ0) is 10.1. The van der Waals surface area contributed by atoms with Crippen molar-refractivity contribution in [1.82, 2.24) is 19.7 Å². The predicted molar refractivity (Wildman–Crippen MR) is 55.3 cm³/mol. The van der Waals surface area contributed by atoms with Crippen LogP contribution in [0.5, 0.6) is 0 Å². The molecule has 2 rings (SSSR count). The number of hydrogen-bond donors (Lipinski definition) is 0. The zero-order valence-corrected chi connectivity index (χ0v) is 8.91. The van der Waals surface area contributed by atoms with E-state index >= 15 is 0 Å². The second-order valence-electron chi connectivity index (χ2n) is 3.18. The van der Waals surface area contributed by atoms with Crippen molar-refractivity contribution < 1.29 is 0 Å². The Bertz CT molecular complexity index is 463. The molecule has 0 radical (unpaired) electrons. The van der Waals surface area contributed by atoms with Crippen molar-refractivity contribution in [3.63, 3.8) is 0 Å². The van der Waals surface area contributed by atoms with Gasteiger partial charge >= 0.3 is 0 Å². The van der Waals surface area contributed by atoms with Gasteiger partial charge in [0.25, 0.3) is 0 Å². The Morgan fingerprint density at radius 3 is 2.93 bits per heavy atom. The fraction of sp³-hybridized carbons (Fsp3) is 0.444. The van der Waals surface area contributed by atoms with E-state index in [-0.39, 0.29) is 0 Å². The highest BCUT2D eigenvalue weighted by Crippen LogP contribution is 2.23. The molecule has 74 valence electrons. The number of nitrogens with zero attached hydrogens (tertiary/aromatic N) is 4. The second kappa shape index (κ2) is 3.53. The van der Waals surface area contributed by atoms with E-state index in [1.165, 1.54) is 6.33 Å². The molecule has 0 aliphatic heterocycles. The lowest BCUT2D eigenvalue weighted by Crippen LogP contribution is -1.92. The molecule has 0 N–H and O–H groups in total. The Hall–Kier alpha value is -1.16. The maximum atomic E-state index is 6.01. The Labute approximate surface area is 86.9 Å². The third kappa shape index (κ3) is 1.35. The number of hydrogen-bond acceptors (Lipinski definition) is 3. The minimum atomic E-state index is 0.492. The van der Waals surface area contributed by atoms with Gasteiger partial charge in [-0.15, -0.1) is 0 Å². The molecule has 0 aliphatic rings. The van der Waals surface area contributed by atoms with Gasteiger partial charge < -0.3 is 0 Å². The van der Waals surface area contributed by atoms with Crippen LogP contribution in [-0.4, -0.2) is 19.7 Å². The van der Waals surface area contributed by atoms with E-state index in [0.29, 0.717) is 5.15 Å². The number of aryl methyl sites for hydroxylation is 2. The van der Waals surface area contributed by atoms with E-state index in [1.54, 1.807) is 4.68 Å². The lowest BCUT2D eigenvalue weighted by atomic mass is 10.2. The van der Waals surface area contributed by atoms with Crippen LogP contribution in [0.1, 0.15) is 19.0 Å². The van der Waals surface area contributed by atoms with Crippen molar-refractivity contribution in [1.29, 1.82) is 0 Å². The summed E-state index contributed by atoms with van der Waals surface area (Å²) < 4.78 is 1.74. The SMILES string of the molecule is CCCc1nn(C)c2ncnc(Cl)c12. The number of aromatic nitrogens is 4. The molecule has 0 aromatic carbocycles. The summed E-state index contributed by atoms with van der Waals surface area (Å²) >= 11 is 6.01. The first-order valence-electron chi connectivity index (χ1n) is 4.56. The summed E-state index contributed by atoms with van der Waals surface area (Å²) in [5.41, 5.74) is 1.78. The lowest BCUT2D eigenvalue weighted by molar-refractivity contribution is 0.746. The van der Waals surface area contributed by atoms with E-state index in [4.69, 9.17) is 11.6 Å². The minimum absolute atomic E-state index is 0.492. The summed E-state index contributed by atoms with van der Waals surface area (Å²) in [6.45, 7) is 2.11. The van der Waals surface area contributed by atoms with Gasteiger partial charge in [-0.2, -0.15) is 5.10 Å². The quantitative estimate of drug-likeness (QED) is 0.712. The molecule has 0 bridgehead atoms. The highest BCUT2D eigenvalue weighted by Gasteiger charge is 2.12. The Kier molecular flexibility index (Phi) is 2.37. The van der Waals surface area contributed by atoms with Crippen LogP contribution in [0.15, 0.2) is 6.33 Å². The van der Waals surface area contributed by atoms with Gasteiger partial charge in [0.1, 0.15) is 11.5 Å². The molecule has 0 aliphatic carbocycles. The molecule has 0 amide bonds. The lowest BCUT2D eigenvalue weighted by Gasteiger charge is -1.94. The van der Waals surface area contributed by atoms with E-state index in [9.17, 15) is 0 Å². The molecule has 4 nitrogen and oxygen atoms in total. The normalized spacial score (nSPS) is 11.1. The third-order valence-electron chi connectivity index (χ3n) is 2.13. The molecule has 0 saturated carbocycles. The van der Waals surface area contributed by atoms with Gasteiger partial charge in [-0.1, -0.05) is 24.9 Å². The van der Waals surface area contributed by atoms with Gasteiger partial charge in [0.15, 0.2) is 5.65 Å². The first-order chi connectivity index (χ1) is 6.74. The van der Waals surface area contributed by atoms with Gasteiger partial charge in [0.05, 0.1) is 11.1 Å². The largest absolute Gasteiger partial charge is 0.250 e. The molecular weight excluding hydrogens is 200 g/mol. The van der Waals surface area contributed by atoms with Crippen molar-refractivity contribution in [2.24, 2.45) is 7.05 Å². The molecule has 0 fully saturated rings. The Balaban J connectivity index is 2.72. The van der Waals surface area contributed by atoms with E-state index in [1.807, 2.05) is 7.05 Å². The van der Waals surface area contributed by atoms with Crippen LogP contribution in [-0.2, 0) is 13.5 Å². The van der Waals surface area contributed by atoms with E-state index < -0.39 is 0 Å². The standard InChI is InChI=1S/C9H11ClN4/c1-3-4-6-7-8(10)11-5-12-9(7)14(2)13-6/h5H,3-4H2,1-2H3. The van der Waals surface area contributed by atoms with Crippen LogP contribution in [0.4, 0.5) is 0 Å². The zero-order valence-electron chi connectivity index (χ0n) is 8.16. The third-order valence-corrected chi connectivity index (χ3v) is 2.42. The van der Waals surface area contributed by atoms with Crippen molar-refractivity contribution >= 4 is 22.6 Å². The van der Waals surface area contributed by atoms with Crippen molar-refractivity contribution in [3.8, 4) is 0 Å². The summed E-state index contributed by atoms with van der Waals surface area (Å²) in [7, 11) is 1.87. The molecule has 0 saturated heterocycles. The number of fused-ring (bicyclic) bond motifs is 1. The molecule has 2 aromatic rings. The van der Waals surface area contributed by atoms with Gasteiger partial charge in [-0.05, 0) is 6.42 Å². The van der Waals surface area contributed by atoms with Crippen molar-refractivity contribution in [3.05, 3.63) is 17.2 Å². The van der Waals surface area contributed by atoms with E-state index in [0.717, 1.165) is 29.6 Å². The molecular formula is C9H11ClN4. The van der Waals surface area contributed by atoms with Gasteiger partial charge in [-0.3, -0.25) is 4.68 Å². The maximum absolute atomic E-state index is 6.01. The Morgan fingerprint density at radius 1 is 1.43 bits per heavy atom. The molecule has 2 aromatic heterocycles. The topological polar surface area (TPSA) is 43.6 Å². The van der Waals surface area contributed by atoms with Crippen molar-refractivity contribution in [2.75, 3.05) is 0 Å². The van der Waals surface area contributed by atoms with Crippen molar-refractivity contribution in [2.45, 2.75) is 19.8 Å². The van der Waals surface area contributed by atoms with Crippen LogP contribution in [0.2, 0.25) is 5.15 Å². The van der Waals surface area contributed by atoms with Crippen LogP contribution < -0.4 is 0 Å². The number of rotatable bonds is 2. The Morgan fingerprint density at radius 2 is 2.21 bits per heavy atom. The van der Waals surface area contributed by atoms with E-state index in [2.05, 4.69) is 22.0 Å². The summed E-state index contributed by atoms with van der Waals surface area (Å²) in [4.78, 5) is 8.11. The smallest absolute Gasteiger partial charge is 0.162 e. The summed E-state index contributed by atoms with van der Waals surface area (Å²) in [5, 5.41) is 5.75.